The Balaban J connectivity index is 1.80. The van der Waals surface area contributed by atoms with Gasteiger partial charge in [-0.3, -0.25) is 4.90 Å². The summed E-state index contributed by atoms with van der Waals surface area (Å²) in [6.45, 7) is 4.38. The van der Waals surface area contributed by atoms with Gasteiger partial charge in [-0.1, -0.05) is 0 Å². The van der Waals surface area contributed by atoms with E-state index in [1.54, 1.807) is 0 Å². The van der Waals surface area contributed by atoms with Gasteiger partial charge < -0.3 is 10.6 Å². The van der Waals surface area contributed by atoms with Crippen molar-refractivity contribution in [2.24, 2.45) is 5.73 Å². The molecule has 1 atom stereocenters. The number of hydrogen-bond donors (Lipinski definition) is 1. The average molecular weight is 197 g/mol. The van der Waals surface area contributed by atoms with Crippen LogP contribution in [0.2, 0.25) is 0 Å². The molecule has 0 unspecified atom stereocenters. The van der Waals surface area contributed by atoms with Crippen molar-refractivity contribution in [2.45, 2.75) is 37.8 Å². The summed E-state index contributed by atoms with van der Waals surface area (Å²) in [5.41, 5.74) is 5.60. The third-order valence-electron chi connectivity index (χ3n) is 3.62. The van der Waals surface area contributed by atoms with Crippen molar-refractivity contribution in [1.82, 2.24) is 9.80 Å². The number of rotatable bonds is 4. The molecule has 0 aromatic rings. The largest absolute Gasteiger partial charge is 0.329 e. The van der Waals surface area contributed by atoms with Crippen molar-refractivity contribution in [3.8, 4) is 0 Å². The number of nitrogens with two attached hydrogens (primary N) is 1. The van der Waals surface area contributed by atoms with E-state index in [9.17, 15) is 0 Å². The molecule has 2 aliphatic rings. The number of nitrogens with zero attached hydrogens (tertiary/aromatic N) is 2. The van der Waals surface area contributed by atoms with Gasteiger partial charge in [0, 0.05) is 31.7 Å². The first kappa shape index (κ1) is 10.4. The molecule has 1 aliphatic carbocycles. The van der Waals surface area contributed by atoms with Crippen LogP contribution in [0.1, 0.15) is 25.7 Å². The highest BCUT2D eigenvalue weighted by molar-refractivity contribution is 4.89. The second-order valence-corrected chi connectivity index (χ2v) is 4.78. The van der Waals surface area contributed by atoms with Gasteiger partial charge in [0.25, 0.3) is 0 Å². The first-order valence-corrected chi connectivity index (χ1v) is 5.95. The van der Waals surface area contributed by atoms with E-state index in [0.717, 1.165) is 25.2 Å². The van der Waals surface area contributed by atoms with Gasteiger partial charge in [0.15, 0.2) is 0 Å². The minimum Gasteiger partial charge on any atom is -0.329 e. The molecule has 2 N–H and O–H groups in total. The van der Waals surface area contributed by atoms with Crippen molar-refractivity contribution in [3.63, 3.8) is 0 Å². The van der Waals surface area contributed by atoms with E-state index in [0.29, 0.717) is 0 Å². The second-order valence-electron chi connectivity index (χ2n) is 4.78. The van der Waals surface area contributed by atoms with Crippen LogP contribution in [0, 0.1) is 0 Å². The Labute approximate surface area is 87.2 Å². The van der Waals surface area contributed by atoms with Crippen molar-refractivity contribution < 1.29 is 0 Å². The summed E-state index contributed by atoms with van der Waals surface area (Å²) < 4.78 is 0. The fourth-order valence-corrected chi connectivity index (χ4v) is 2.53. The topological polar surface area (TPSA) is 32.5 Å². The summed E-state index contributed by atoms with van der Waals surface area (Å²) in [5.74, 6) is 0. The van der Waals surface area contributed by atoms with Gasteiger partial charge in [-0.25, -0.2) is 0 Å². The van der Waals surface area contributed by atoms with E-state index >= 15 is 0 Å². The third kappa shape index (κ3) is 2.47. The molecule has 14 heavy (non-hydrogen) atoms. The lowest BCUT2D eigenvalue weighted by atomic mass is 10.0. The summed E-state index contributed by atoms with van der Waals surface area (Å²) in [4.78, 5) is 5.12. The average Bonchev–Trinajstić information content (AvgIpc) is 3.01. The highest BCUT2D eigenvalue weighted by Gasteiger charge is 2.32. The number of likely N-dealkylation sites (tertiary alicyclic amines) is 1. The smallest absolute Gasteiger partial charge is 0.0223 e. The maximum absolute atomic E-state index is 5.60. The molecule has 2 rings (SSSR count). The molecule has 3 heteroatoms. The Morgan fingerprint density at radius 2 is 2.07 bits per heavy atom. The molecule has 1 saturated carbocycles. The quantitative estimate of drug-likeness (QED) is 0.712. The number of hydrogen-bond acceptors (Lipinski definition) is 3. The molecule has 0 bridgehead atoms. The highest BCUT2D eigenvalue weighted by atomic mass is 15.2. The summed E-state index contributed by atoms with van der Waals surface area (Å²) in [5, 5.41) is 0. The Hall–Kier alpha value is -0.120. The van der Waals surface area contributed by atoms with Crippen molar-refractivity contribution in [1.29, 1.82) is 0 Å². The monoisotopic (exact) mass is 197 g/mol. The predicted octanol–water partition coefficient (Wildman–Crippen LogP) is 0.504. The lowest BCUT2D eigenvalue weighted by Gasteiger charge is -2.37. The van der Waals surface area contributed by atoms with Gasteiger partial charge in [0.1, 0.15) is 0 Å². The summed E-state index contributed by atoms with van der Waals surface area (Å²) in [6, 6.07) is 1.70. The van der Waals surface area contributed by atoms with Crippen LogP contribution in [0.4, 0.5) is 0 Å². The number of piperidine rings is 1. The fraction of sp³-hybridized carbons (Fsp3) is 1.00. The molecule has 0 radical (unpaired) electrons. The minimum absolute atomic E-state index is 0.794. The van der Waals surface area contributed by atoms with E-state index < -0.39 is 0 Å². The first-order chi connectivity index (χ1) is 6.81. The third-order valence-corrected chi connectivity index (χ3v) is 3.62. The van der Waals surface area contributed by atoms with Crippen molar-refractivity contribution in [2.75, 3.05) is 33.2 Å². The maximum atomic E-state index is 5.60. The van der Waals surface area contributed by atoms with Gasteiger partial charge in [0.2, 0.25) is 0 Å². The second kappa shape index (κ2) is 4.60. The van der Waals surface area contributed by atoms with Gasteiger partial charge in [-0.05, 0) is 39.3 Å². The summed E-state index contributed by atoms with van der Waals surface area (Å²) >= 11 is 0. The molecule has 82 valence electrons. The molecule has 1 saturated heterocycles. The van der Waals surface area contributed by atoms with E-state index in [1.807, 2.05) is 0 Å². The van der Waals surface area contributed by atoms with Gasteiger partial charge in [0.05, 0.1) is 0 Å². The van der Waals surface area contributed by atoms with E-state index in [1.165, 1.54) is 38.8 Å². The zero-order valence-corrected chi connectivity index (χ0v) is 9.28. The zero-order chi connectivity index (χ0) is 9.97. The Kier molecular flexibility index (Phi) is 3.42. The molecular weight excluding hydrogens is 174 g/mol. The van der Waals surface area contributed by atoms with E-state index in [2.05, 4.69) is 16.8 Å². The highest BCUT2D eigenvalue weighted by Crippen LogP contribution is 2.29. The summed E-state index contributed by atoms with van der Waals surface area (Å²) in [7, 11) is 2.30. The van der Waals surface area contributed by atoms with Crippen molar-refractivity contribution in [3.05, 3.63) is 0 Å². The molecule has 0 aromatic carbocycles. The Morgan fingerprint density at radius 1 is 1.29 bits per heavy atom. The standard InChI is InChI=1S/C11H23N3/c1-13(10-4-5-10)11-3-2-7-14(9-11)8-6-12/h10-11H,2-9,12H2,1H3/t11-/m0/s1. The molecule has 1 aliphatic heterocycles. The lowest BCUT2D eigenvalue weighted by Crippen LogP contribution is -2.48. The first-order valence-electron chi connectivity index (χ1n) is 5.95. The van der Waals surface area contributed by atoms with Gasteiger partial charge >= 0.3 is 0 Å². The predicted molar refractivity (Wildman–Crippen MR) is 59.3 cm³/mol. The molecule has 1 heterocycles. The van der Waals surface area contributed by atoms with E-state index in [4.69, 9.17) is 5.73 Å². The van der Waals surface area contributed by atoms with Crippen LogP contribution in [0.25, 0.3) is 0 Å². The maximum Gasteiger partial charge on any atom is 0.0223 e. The van der Waals surface area contributed by atoms with Crippen LogP contribution < -0.4 is 5.73 Å². The molecule has 2 fully saturated rings. The number of likely N-dealkylation sites (N-methyl/N-ethyl adjacent to an activating group) is 1. The van der Waals surface area contributed by atoms with Crippen LogP contribution in [-0.4, -0.2) is 55.1 Å². The minimum atomic E-state index is 0.794. The van der Waals surface area contributed by atoms with Crippen LogP contribution >= 0.6 is 0 Å². The van der Waals surface area contributed by atoms with Gasteiger partial charge in [-0.15, -0.1) is 0 Å². The zero-order valence-electron chi connectivity index (χ0n) is 9.28. The lowest BCUT2D eigenvalue weighted by molar-refractivity contribution is 0.113. The molecule has 3 nitrogen and oxygen atoms in total. The molecular formula is C11H23N3. The van der Waals surface area contributed by atoms with Crippen LogP contribution in [0.3, 0.4) is 0 Å². The molecule has 0 amide bonds. The van der Waals surface area contributed by atoms with Gasteiger partial charge in [-0.2, -0.15) is 0 Å². The SMILES string of the molecule is CN(C1CC1)[C@H]1CCCN(CCN)C1. The van der Waals surface area contributed by atoms with Crippen LogP contribution in [0.15, 0.2) is 0 Å². The van der Waals surface area contributed by atoms with Crippen LogP contribution in [0.5, 0.6) is 0 Å². The normalized spacial score (nSPS) is 29.8. The fourth-order valence-electron chi connectivity index (χ4n) is 2.53. The molecule has 0 spiro atoms. The summed E-state index contributed by atoms with van der Waals surface area (Å²) in [6.07, 6.45) is 5.57. The van der Waals surface area contributed by atoms with E-state index in [-0.39, 0.29) is 0 Å². The van der Waals surface area contributed by atoms with Crippen molar-refractivity contribution >= 4 is 0 Å². The molecule has 0 aromatic heterocycles. The Bertz CT molecular complexity index is 177. The van der Waals surface area contributed by atoms with Crippen LogP contribution in [-0.2, 0) is 0 Å². The Morgan fingerprint density at radius 3 is 2.71 bits per heavy atom.